The Balaban J connectivity index is 2.23. The molecule has 1 N–H and O–H groups in total. The average Bonchev–Trinajstić information content (AvgIpc) is 2.90. The van der Waals surface area contributed by atoms with Crippen LogP contribution in [0.4, 0.5) is 0 Å². The Kier molecular flexibility index (Phi) is 5.31. The van der Waals surface area contributed by atoms with Gasteiger partial charge in [-0.2, -0.15) is 0 Å². The van der Waals surface area contributed by atoms with E-state index in [1.54, 1.807) is 30.5 Å². The van der Waals surface area contributed by atoms with Crippen molar-refractivity contribution in [2.75, 3.05) is 19.9 Å². The lowest BCUT2D eigenvalue weighted by Gasteiger charge is -2.21. The summed E-state index contributed by atoms with van der Waals surface area (Å²) in [6, 6.07) is 5.96. The number of hydrogen-bond acceptors (Lipinski definition) is 4. The number of rotatable bonds is 5. The molecule has 0 aromatic heterocycles. The molecule has 7 heteroatoms. The third-order valence-corrected chi connectivity index (χ3v) is 4.43. The van der Waals surface area contributed by atoms with Crippen molar-refractivity contribution in [3.8, 4) is 0 Å². The highest BCUT2D eigenvalue weighted by molar-refractivity contribution is 7.83. The SMILES string of the molecule is COC1CC(C(=O)O)N(C(=O)c2cccc(CS(C)=O)c2)C1. The van der Waals surface area contributed by atoms with E-state index in [1.165, 1.54) is 12.0 Å². The Hall–Kier alpha value is -1.73. The van der Waals surface area contributed by atoms with Crippen molar-refractivity contribution >= 4 is 22.7 Å². The van der Waals surface area contributed by atoms with Crippen molar-refractivity contribution in [3.63, 3.8) is 0 Å². The van der Waals surface area contributed by atoms with Gasteiger partial charge in [0.25, 0.3) is 5.91 Å². The van der Waals surface area contributed by atoms with Crippen LogP contribution >= 0.6 is 0 Å². The Bertz CT molecular complexity index is 603. The fraction of sp³-hybridized carbons (Fsp3) is 0.467. The van der Waals surface area contributed by atoms with Crippen molar-refractivity contribution in [1.29, 1.82) is 0 Å². The van der Waals surface area contributed by atoms with Gasteiger partial charge in [-0.05, 0) is 17.7 Å². The van der Waals surface area contributed by atoms with Gasteiger partial charge in [-0.25, -0.2) is 4.79 Å². The number of carboxylic acids is 1. The number of likely N-dealkylation sites (tertiary alicyclic amines) is 1. The molecule has 0 radical (unpaired) electrons. The summed E-state index contributed by atoms with van der Waals surface area (Å²) in [4.78, 5) is 25.3. The number of benzene rings is 1. The van der Waals surface area contributed by atoms with Gasteiger partial charge in [-0.3, -0.25) is 9.00 Å². The van der Waals surface area contributed by atoms with Crippen LogP contribution in [0.25, 0.3) is 0 Å². The molecule has 1 heterocycles. The van der Waals surface area contributed by atoms with Gasteiger partial charge in [-0.15, -0.1) is 0 Å². The minimum Gasteiger partial charge on any atom is -0.480 e. The van der Waals surface area contributed by atoms with E-state index in [4.69, 9.17) is 4.74 Å². The highest BCUT2D eigenvalue weighted by atomic mass is 32.2. The van der Waals surface area contributed by atoms with Crippen LogP contribution in [0.15, 0.2) is 24.3 Å². The zero-order valence-corrected chi connectivity index (χ0v) is 13.3. The van der Waals surface area contributed by atoms with Gasteiger partial charge in [0.05, 0.1) is 6.10 Å². The quantitative estimate of drug-likeness (QED) is 0.869. The van der Waals surface area contributed by atoms with Gasteiger partial charge in [0.15, 0.2) is 0 Å². The van der Waals surface area contributed by atoms with Crippen molar-refractivity contribution in [1.82, 2.24) is 4.90 Å². The molecular weight excluding hydrogens is 306 g/mol. The molecule has 3 atom stereocenters. The summed E-state index contributed by atoms with van der Waals surface area (Å²) in [5.74, 6) is -1.00. The summed E-state index contributed by atoms with van der Waals surface area (Å²) >= 11 is 0. The minimum atomic E-state index is -1.03. The molecule has 3 unspecified atom stereocenters. The number of hydrogen-bond donors (Lipinski definition) is 1. The van der Waals surface area contributed by atoms with Gasteiger partial charge in [0.2, 0.25) is 0 Å². The summed E-state index contributed by atoms with van der Waals surface area (Å²) in [5, 5.41) is 9.28. The molecule has 1 aromatic carbocycles. The average molecular weight is 325 g/mol. The number of carboxylic acid groups (broad SMARTS) is 1. The molecule has 1 aliphatic heterocycles. The summed E-state index contributed by atoms with van der Waals surface area (Å²) in [6.45, 7) is 0.260. The molecule has 1 aliphatic rings. The van der Waals surface area contributed by atoms with E-state index in [1.807, 2.05) is 0 Å². The van der Waals surface area contributed by atoms with Crippen molar-refractivity contribution in [2.24, 2.45) is 0 Å². The molecule has 6 nitrogen and oxygen atoms in total. The molecule has 1 aromatic rings. The zero-order valence-electron chi connectivity index (χ0n) is 12.5. The maximum atomic E-state index is 12.6. The first-order chi connectivity index (χ1) is 10.4. The molecule has 0 spiro atoms. The lowest BCUT2D eigenvalue weighted by atomic mass is 10.1. The second-order valence-electron chi connectivity index (χ2n) is 5.32. The number of aliphatic carboxylic acids is 1. The van der Waals surface area contributed by atoms with E-state index < -0.39 is 22.8 Å². The summed E-state index contributed by atoms with van der Waals surface area (Å²) < 4.78 is 16.5. The fourth-order valence-corrected chi connectivity index (χ4v) is 3.27. The number of carbonyl (C=O) groups excluding carboxylic acids is 1. The number of ether oxygens (including phenoxy) is 1. The predicted octanol–water partition coefficient (Wildman–Crippen LogP) is 0.879. The van der Waals surface area contributed by atoms with E-state index >= 15 is 0 Å². The second-order valence-corrected chi connectivity index (χ2v) is 6.76. The Morgan fingerprint density at radius 3 is 2.77 bits per heavy atom. The second kappa shape index (κ2) is 7.02. The smallest absolute Gasteiger partial charge is 0.326 e. The normalized spacial score (nSPS) is 22.5. The molecule has 0 saturated carbocycles. The first kappa shape index (κ1) is 16.6. The third-order valence-electron chi connectivity index (χ3n) is 3.69. The van der Waals surface area contributed by atoms with Gasteiger partial charge >= 0.3 is 5.97 Å². The molecule has 22 heavy (non-hydrogen) atoms. The van der Waals surface area contributed by atoms with Crippen LogP contribution in [0.3, 0.4) is 0 Å². The Morgan fingerprint density at radius 2 is 2.18 bits per heavy atom. The zero-order chi connectivity index (χ0) is 16.3. The molecule has 0 bridgehead atoms. The van der Waals surface area contributed by atoms with Crippen molar-refractivity contribution < 1.29 is 23.6 Å². The third kappa shape index (κ3) is 3.72. The van der Waals surface area contributed by atoms with E-state index in [-0.39, 0.29) is 25.0 Å². The van der Waals surface area contributed by atoms with Crippen LogP contribution in [0, 0.1) is 0 Å². The Morgan fingerprint density at radius 1 is 1.45 bits per heavy atom. The van der Waals surface area contributed by atoms with E-state index in [2.05, 4.69) is 0 Å². The minimum absolute atomic E-state index is 0.260. The summed E-state index contributed by atoms with van der Waals surface area (Å²) in [5.41, 5.74) is 1.20. The van der Waals surface area contributed by atoms with Crippen molar-refractivity contribution in [3.05, 3.63) is 35.4 Å². The number of carbonyl (C=O) groups is 2. The first-order valence-electron chi connectivity index (χ1n) is 6.88. The van der Waals surface area contributed by atoms with Crippen LogP contribution in [0.5, 0.6) is 0 Å². The van der Waals surface area contributed by atoms with Crippen LogP contribution in [0.1, 0.15) is 22.3 Å². The monoisotopic (exact) mass is 325 g/mol. The van der Waals surface area contributed by atoms with Gasteiger partial charge in [0, 0.05) is 48.4 Å². The first-order valence-corrected chi connectivity index (χ1v) is 8.60. The lowest BCUT2D eigenvalue weighted by Crippen LogP contribution is -2.40. The van der Waals surface area contributed by atoms with E-state index in [0.717, 1.165) is 5.56 Å². The maximum absolute atomic E-state index is 12.6. The highest BCUT2D eigenvalue weighted by Gasteiger charge is 2.40. The highest BCUT2D eigenvalue weighted by Crippen LogP contribution is 2.23. The largest absolute Gasteiger partial charge is 0.480 e. The van der Waals surface area contributed by atoms with E-state index in [9.17, 15) is 18.9 Å². The standard InChI is InChI=1S/C15H19NO5S/c1-21-12-7-13(15(18)19)16(8-12)14(17)11-5-3-4-10(6-11)9-22(2)20/h3-6,12-13H,7-9H2,1-2H3,(H,18,19). The molecule has 120 valence electrons. The topological polar surface area (TPSA) is 83.9 Å². The van der Waals surface area contributed by atoms with Crippen LogP contribution in [-0.4, -0.2) is 58.1 Å². The molecule has 1 saturated heterocycles. The molecule has 2 rings (SSSR count). The van der Waals surface area contributed by atoms with Crippen LogP contribution in [0.2, 0.25) is 0 Å². The summed E-state index contributed by atoms with van der Waals surface area (Å²) in [7, 11) is 0.508. The van der Waals surface area contributed by atoms with Crippen molar-refractivity contribution in [2.45, 2.75) is 24.3 Å². The van der Waals surface area contributed by atoms with Gasteiger partial charge < -0.3 is 14.7 Å². The molecule has 1 amide bonds. The van der Waals surface area contributed by atoms with Gasteiger partial charge in [0.1, 0.15) is 6.04 Å². The molecule has 0 aliphatic carbocycles. The van der Waals surface area contributed by atoms with Crippen LogP contribution in [-0.2, 0) is 26.1 Å². The fourth-order valence-electron chi connectivity index (χ4n) is 2.62. The molecular formula is C15H19NO5S. The summed E-state index contributed by atoms with van der Waals surface area (Å²) in [6.07, 6.45) is 1.62. The maximum Gasteiger partial charge on any atom is 0.326 e. The predicted molar refractivity (Wildman–Crippen MR) is 82.1 cm³/mol. The lowest BCUT2D eigenvalue weighted by molar-refractivity contribution is -0.141. The number of methoxy groups -OCH3 is 1. The number of nitrogens with zero attached hydrogens (tertiary/aromatic N) is 1. The van der Waals surface area contributed by atoms with Crippen LogP contribution < -0.4 is 0 Å². The molecule has 1 fully saturated rings. The van der Waals surface area contributed by atoms with Gasteiger partial charge in [-0.1, -0.05) is 12.1 Å². The van der Waals surface area contributed by atoms with E-state index in [0.29, 0.717) is 11.3 Å². The number of amides is 1. The Labute approximate surface area is 131 Å².